The number of aliphatic hydroxyl groups excluding tert-OH is 4. The van der Waals surface area contributed by atoms with Gasteiger partial charge in [0.2, 0.25) is 6.29 Å². The molecule has 4 rings (SSSR count). The lowest BCUT2D eigenvalue weighted by Crippen LogP contribution is -2.60. The minimum atomic E-state index is -1.56. The molecule has 0 aliphatic carbocycles. The van der Waals surface area contributed by atoms with Crippen molar-refractivity contribution in [3.8, 4) is 23.0 Å². The first kappa shape index (κ1) is 27.9. The van der Waals surface area contributed by atoms with Gasteiger partial charge in [-0.1, -0.05) is 12.1 Å². The summed E-state index contributed by atoms with van der Waals surface area (Å²) in [6, 6.07) is 10.8. The topological polar surface area (TPSA) is 153 Å². The summed E-state index contributed by atoms with van der Waals surface area (Å²) in [5, 5.41) is 39.7. The van der Waals surface area contributed by atoms with Gasteiger partial charge in [0.05, 0.1) is 40.5 Å². The Morgan fingerprint density at radius 2 is 1.42 bits per heavy atom. The summed E-state index contributed by atoms with van der Waals surface area (Å²) >= 11 is 0. The number of hydrogen-bond acceptors (Lipinski definition) is 11. The van der Waals surface area contributed by atoms with Crippen LogP contribution in [0.25, 0.3) is 0 Å². The van der Waals surface area contributed by atoms with Crippen LogP contribution in [0, 0.1) is 11.8 Å². The molecule has 11 nitrogen and oxygen atoms in total. The lowest BCUT2D eigenvalue weighted by Gasteiger charge is -2.39. The molecule has 0 spiro atoms. The van der Waals surface area contributed by atoms with Crippen molar-refractivity contribution >= 4 is 5.97 Å². The first-order valence-electron chi connectivity index (χ1n) is 12.3. The van der Waals surface area contributed by atoms with Crippen LogP contribution in [0.4, 0.5) is 0 Å². The maximum Gasteiger partial charge on any atom is 0.309 e. The van der Waals surface area contributed by atoms with E-state index in [0.717, 1.165) is 11.1 Å². The standard InChI is InChI=1S/C27H34O11/c1-33-18-6-4-14(10-20(18)34-2)8-16-13-36-26(32)17(16)9-15-5-7-19(21(11-15)35-3)37-27-25(31)24(30)23(29)22(12-28)38-27/h4-7,10-11,16-17,22-25,27-31H,8-9,12-13H2,1-3H3/t16-,17-,22-,23+,24+,25+,27-/m0/s1. The van der Waals surface area contributed by atoms with Crippen LogP contribution in [-0.4, -0.2) is 91.6 Å². The summed E-state index contributed by atoms with van der Waals surface area (Å²) in [6.07, 6.45) is -6.02. The van der Waals surface area contributed by atoms with E-state index in [0.29, 0.717) is 36.7 Å². The summed E-state index contributed by atoms with van der Waals surface area (Å²) < 4.78 is 32.7. The summed E-state index contributed by atoms with van der Waals surface area (Å²) in [7, 11) is 4.60. The van der Waals surface area contributed by atoms with Gasteiger partial charge in [-0.15, -0.1) is 0 Å². The van der Waals surface area contributed by atoms with Gasteiger partial charge in [-0.25, -0.2) is 0 Å². The number of esters is 1. The van der Waals surface area contributed by atoms with Crippen LogP contribution in [0.1, 0.15) is 11.1 Å². The molecule has 0 saturated carbocycles. The van der Waals surface area contributed by atoms with Crippen LogP contribution < -0.4 is 18.9 Å². The molecule has 11 heteroatoms. The zero-order chi connectivity index (χ0) is 27.4. The molecule has 0 amide bonds. The monoisotopic (exact) mass is 534 g/mol. The SMILES string of the molecule is COc1ccc(C[C@H]2COC(=O)[C@H]2Cc2ccc(O[C@H]3O[C@@H](CO)[C@@H](O)[C@@H](O)[C@H]3O)c(OC)c2)cc1OC. The van der Waals surface area contributed by atoms with E-state index < -0.39 is 37.3 Å². The van der Waals surface area contributed by atoms with Crippen LogP contribution in [0.2, 0.25) is 0 Å². The van der Waals surface area contributed by atoms with E-state index in [1.165, 1.54) is 7.11 Å². The highest BCUT2D eigenvalue weighted by Crippen LogP contribution is 2.36. The molecule has 2 aliphatic heterocycles. The maximum absolute atomic E-state index is 12.6. The van der Waals surface area contributed by atoms with Gasteiger partial charge in [-0.2, -0.15) is 0 Å². The van der Waals surface area contributed by atoms with E-state index in [1.54, 1.807) is 32.4 Å². The normalized spacial score (nSPS) is 29.0. The Morgan fingerprint density at radius 3 is 2.05 bits per heavy atom. The predicted molar refractivity (Wildman–Crippen MR) is 132 cm³/mol. The number of methoxy groups -OCH3 is 3. The Balaban J connectivity index is 1.47. The Kier molecular flexibility index (Phi) is 8.95. The number of carbonyl (C=O) groups is 1. The molecule has 2 heterocycles. The zero-order valence-corrected chi connectivity index (χ0v) is 21.5. The lowest BCUT2D eigenvalue weighted by atomic mass is 9.85. The van der Waals surface area contributed by atoms with Crippen molar-refractivity contribution in [3.05, 3.63) is 47.5 Å². The summed E-state index contributed by atoms with van der Waals surface area (Å²) in [5.74, 6) is 1.10. The third kappa shape index (κ3) is 5.82. The Labute approximate surface area is 220 Å². The fourth-order valence-electron chi connectivity index (χ4n) is 4.85. The molecule has 0 unspecified atom stereocenters. The average Bonchev–Trinajstić information content (AvgIpc) is 3.27. The van der Waals surface area contributed by atoms with Crippen molar-refractivity contribution < 1.29 is 53.6 Å². The van der Waals surface area contributed by atoms with Crippen molar-refractivity contribution in [2.24, 2.45) is 11.8 Å². The number of hydrogen-bond donors (Lipinski definition) is 4. The second-order valence-electron chi connectivity index (χ2n) is 9.39. The van der Waals surface area contributed by atoms with E-state index in [1.807, 2.05) is 18.2 Å². The third-order valence-corrected chi connectivity index (χ3v) is 7.03. The number of aliphatic hydroxyl groups is 4. The van der Waals surface area contributed by atoms with Crippen LogP contribution in [0.3, 0.4) is 0 Å². The Bertz CT molecular complexity index is 1100. The highest BCUT2D eigenvalue weighted by molar-refractivity contribution is 5.75. The van der Waals surface area contributed by atoms with Gasteiger partial charge in [0.25, 0.3) is 0 Å². The van der Waals surface area contributed by atoms with E-state index in [-0.39, 0.29) is 23.6 Å². The highest BCUT2D eigenvalue weighted by Gasteiger charge is 2.45. The fraction of sp³-hybridized carbons (Fsp3) is 0.519. The molecule has 2 saturated heterocycles. The number of carbonyl (C=O) groups excluding carboxylic acids is 1. The molecule has 0 radical (unpaired) electrons. The fourth-order valence-corrected chi connectivity index (χ4v) is 4.85. The Hall–Kier alpha value is -3.09. The minimum Gasteiger partial charge on any atom is -0.493 e. The van der Waals surface area contributed by atoms with E-state index in [2.05, 4.69) is 0 Å². The van der Waals surface area contributed by atoms with E-state index in [4.69, 9.17) is 28.4 Å². The van der Waals surface area contributed by atoms with Crippen molar-refractivity contribution in [1.82, 2.24) is 0 Å². The highest BCUT2D eigenvalue weighted by atomic mass is 16.7. The smallest absolute Gasteiger partial charge is 0.309 e. The third-order valence-electron chi connectivity index (χ3n) is 7.03. The van der Waals surface area contributed by atoms with Crippen molar-refractivity contribution in [1.29, 1.82) is 0 Å². The van der Waals surface area contributed by atoms with Crippen molar-refractivity contribution in [2.75, 3.05) is 34.5 Å². The van der Waals surface area contributed by atoms with Crippen LogP contribution in [0.5, 0.6) is 23.0 Å². The quantitative estimate of drug-likeness (QED) is 0.315. The minimum absolute atomic E-state index is 0.0448. The predicted octanol–water partition coefficient (Wildman–Crippen LogP) is 0.466. The first-order chi connectivity index (χ1) is 18.3. The molecule has 2 aromatic rings. The van der Waals surface area contributed by atoms with Gasteiger partial charge in [-0.3, -0.25) is 4.79 Å². The summed E-state index contributed by atoms with van der Waals surface area (Å²) in [6.45, 7) is -0.254. The van der Waals surface area contributed by atoms with Gasteiger partial charge < -0.3 is 48.8 Å². The van der Waals surface area contributed by atoms with E-state index >= 15 is 0 Å². The van der Waals surface area contributed by atoms with E-state index in [9.17, 15) is 25.2 Å². The van der Waals surface area contributed by atoms with Gasteiger partial charge >= 0.3 is 5.97 Å². The number of benzene rings is 2. The van der Waals surface area contributed by atoms with Crippen molar-refractivity contribution in [2.45, 2.75) is 43.5 Å². The average molecular weight is 535 g/mol. The molecular weight excluding hydrogens is 500 g/mol. The lowest BCUT2D eigenvalue weighted by molar-refractivity contribution is -0.277. The molecule has 2 fully saturated rings. The number of cyclic esters (lactones) is 1. The molecule has 7 atom stereocenters. The molecule has 2 aromatic carbocycles. The van der Waals surface area contributed by atoms with Gasteiger partial charge in [0.15, 0.2) is 23.0 Å². The Morgan fingerprint density at radius 1 is 0.816 bits per heavy atom. The zero-order valence-electron chi connectivity index (χ0n) is 21.5. The van der Waals surface area contributed by atoms with Crippen molar-refractivity contribution in [3.63, 3.8) is 0 Å². The molecule has 208 valence electrons. The van der Waals surface area contributed by atoms with Crippen LogP contribution in [-0.2, 0) is 27.1 Å². The van der Waals surface area contributed by atoms with Crippen LogP contribution in [0.15, 0.2) is 36.4 Å². The second-order valence-corrected chi connectivity index (χ2v) is 9.39. The molecule has 38 heavy (non-hydrogen) atoms. The molecule has 2 aliphatic rings. The summed E-state index contributed by atoms with van der Waals surface area (Å²) in [4.78, 5) is 12.6. The molecule has 4 N–H and O–H groups in total. The molecule has 0 aromatic heterocycles. The molecular formula is C27H34O11. The number of rotatable bonds is 10. The van der Waals surface area contributed by atoms with Gasteiger partial charge in [0.1, 0.15) is 24.4 Å². The van der Waals surface area contributed by atoms with Crippen LogP contribution >= 0.6 is 0 Å². The van der Waals surface area contributed by atoms with Gasteiger partial charge in [-0.05, 0) is 48.2 Å². The van der Waals surface area contributed by atoms with Gasteiger partial charge in [0, 0.05) is 5.92 Å². The summed E-state index contributed by atoms with van der Waals surface area (Å²) in [5.41, 5.74) is 1.81. The number of ether oxygens (including phenoxy) is 6. The second kappa shape index (κ2) is 12.2. The first-order valence-corrected chi connectivity index (χ1v) is 12.3. The maximum atomic E-state index is 12.6. The largest absolute Gasteiger partial charge is 0.493 e. The molecule has 0 bridgehead atoms.